The Balaban J connectivity index is 0.000000202. The van der Waals surface area contributed by atoms with Gasteiger partial charge in [-0.2, -0.15) is 0 Å². The summed E-state index contributed by atoms with van der Waals surface area (Å²) >= 11 is 0. The summed E-state index contributed by atoms with van der Waals surface area (Å²) in [6.45, 7) is 26.2. The van der Waals surface area contributed by atoms with E-state index in [9.17, 15) is 0 Å². The van der Waals surface area contributed by atoms with Gasteiger partial charge in [0.15, 0.2) is 0 Å². The van der Waals surface area contributed by atoms with Gasteiger partial charge in [0.1, 0.15) is 35.6 Å². The highest BCUT2D eigenvalue weighted by molar-refractivity contribution is 5.17. The quantitative estimate of drug-likeness (QED) is 0.426. The van der Waals surface area contributed by atoms with E-state index in [0.717, 1.165) is 0 Å². The fraction of sp³-hybridized carbons (Fsp3) is 1.00. The molecule has 0 saturated carbocycles. The molecule has 4 bridgehead atoms. The minimum Gasteiger partial charge on any atom is -0.376 e. The third kappa shape index (κ3) is 5.96. The van der Waals surface area contributed by atoms with Crippen LogP contribution in [0.4, 0.5) is 0 Å². The molecule has 8 atom stereocenters. The summed E-state index contributed by atoms with van der Waals surface area (Å²) in [7, 11) is 0. The zero-order chi connectivity index (χ0) is 27.1. The van der Waals surface area contributed by atoms with Gasteiger partial charge in [-0.25, -0.2) is 0 Å². The van der Waals surface area contributed by atoms with Gasteiger partial charge in [-0.15, -0.1) is 0 Å². The van der Waals surface area contributed by atoms with Crippen LogP contribution in [0.1, 0.15) is 83.1 Å². The monoisotopic (exact) mass is 516 g/mol. The second-order valence-corrected chi connectivity index (χ2v) is 12.4. The van der Waals surface area contributed by atoms with Crippen molar-refractivity contribution in [1.29, 1.82) is 0 Å². The van der Waals surface area contributed by atoms with Crippen LogP contribution in [0.5, 0.6) is 0 Å². The van der Waals surface area contributed by atoms with E-state index in [0.29, 0.717) is 19.8 Å². The molecule has 4 heterocycles. The first-order valence-corrected chi connectivity index (χ1v) is 13.8. The Morgan fingerprint density at radius 2 is 1.19 bits per heavy atom. The number of hydrogen-bond acceptors (Lipinski definition) is 8. The van der Waals surface area contributed by atoms with Gasteiger partial charge in [-0.1, -0.05) is 0 Å². The molecule has 8 nitrogen and oxygen atoms in total. The standard InChI is InChI=1S/C15H28O4.C13H24O4/c1-9(2)16-8-15-13(17-10(3)4)12(11(5)18-15)19-14(15,6)7;1-8(2)14-6-13-7-15-11(10(5)17-13)12(13)16-9(3)4/h9-13H,8H2,1-7H3;8-12H,6-7H2,1-5H3/t11-,12-,13-,15+;10-,11-,12-,13-/m00/s1. The molecule has 0 amide bonds. The minimum absolute atomic E-state index is 0.00347. The zero-order valence-electron chi connectivity index (χ0n) is 24.7. The van der Waals surface area contributed by atoms with E-state index in [1.807, 2.05) is 69.2 Å². The van der Waals surface area contributed by atoms with Crippen molar-refractivity contribution in [3.05, 3.63) is 0 Å². The van der Waals surface area contributed by atoms with E-state index in [1.54, 1.807) is 0 Å². The first kappa shape index (κ1) is 30.2. The van der Waals surface area contributed by atoms with Gasteiger partial charge in [-0.05, 0) is 83.1 Å². The lowest BCUT2D eigenvalue weighted by molar-refractivity contribution is -0.244. The molecular formula is C28H52O8. The molecule has 0 radical (unpaired) electrons. The van der Waals surface area contributed by atoms with E-state index in [4.69, 9.17) is 37.9 Å². The summed E-state index contributed by atoms with van der Waals surface area (Å²) < 4.78 is 47.9. The van der Waals surface area contributed by atoms with Crippen LogP contribution in [0.15, 0.2) is 0 Å². The maximum absolute atomic E-state index is 6.25. The van der Waals surface area contributed by atoms with Gasteiger partial charge < -0.3 is 37.9 Å². The van der Waals surface area contributed by atoms with Crippen molar-refractivity contribution in [3.63, 3.8) is 0 Å². The molecule has 0 aromatic carbocycles. The molecule has 0 aliphatic carbocycles. The molecule has 0 unspecified atom stereocenters. The topological polar surface area (TPSA) is 73.8 Å². The Kier molecular flexibility index (Phi) is 9.59. The molecular weight excluding hydrogens is 464 g/mol. The number of ether oxygens (including phenoxy) is 8. The average Bonchev–Trinajstić information content (AvgIpc) is 3.36. The fourth-order valence-corrected chi connectivity index (χ4v) is 5.71. The first-order chi connectivity index (χ1) is 16.6. The molecule has 4 aliphatic rings. The van der Waals surface area contributed by atoms with Gasteiger partial charge in [0.2, 0.25) is 0 Å². The predicted octanol–water partition coefficient (Wildman–Crippen LogP) is 4.30. The summed E-state index contributed by atoms with van der Waals surface area (Å²) in [5.41, 5.74) is -1.30. The van der Waals surface area contributed by atoms with Gasteiger partial charge in [0.25, 0.3) is 0 Å². The number of fused-ring (bicyclic) bond motifs is 4. The van der Waals surface area contributed by atoms with Gasteiger partial charge >= 0.3 is 0 Å². The lowest BCUT2D eigenvalue weighted by atomic mass is 9.84. The van der Waals surface area contributed by atoms with E-state index in [-0.39, 0.29) is 61.0 Å². The minimum atomic E-state index is -0.508. The lowest BCUT2D eigenvalue weighted by Crippen LogP contribution is -2.58. The first-order valence-electron chi connectivity index (χ1n) is 13.8. The van der Waals surface area contributed by atoms with Crippen LogP contribution in [-0.4, -0.2) is 97.7 Å². The predicted molar refractivity (Wildman–Crippen MR) is 137 cm³/mol. The summed E-state index contributed by atoms with van der Waals surface area (Å²) in [5, 5.41) is 0. The molecule has 0 N–H and O–H groups in total. The molecule has 4 aliphatic heterocycles. The van der Waals surface area contributed by atoms with Crippen molar-refractivity contribution in [1.82, 2.24) is 0 Å². The lowest BCUT2D eigenvalue weighted by Gasteiger charge is -2.43. The van der Waals surface area contributed by atoms with Crippen molar-refractivity contribution in [2.45, 2.75) is 161 Å². The van der Waals surface area contributed by atoms with E-state index in [1.165, 1.54) is 0 Å². The normalized spacial score (nSPS) is 40.7. The van der Waals surface area contributed by atoms with Crippen LogP contribution in [0.25, 0.3) is 0 Å². The third-order valence-corrected chi connectivity index (χ3v) is 7.42. The summed E-state index contributed by atoms with van der Waals surface area (Å²) in [4.78, 5) is 0. The van der Waals surface area contributed by atoms with Crippen LogP contribution >= 0.6 is 0 Å². The van der Waals surface area contributed by atoms with Gasteiger partial charge in [0, 0.05) is 0 Å². The molecule has 0 aromatic heterocycles. The molecule has 4 saturated heterocycles. The fourth-order valence-electron chi connectivity index (χ4n) is 5.71. The van der Waals surface area contributed by atoms with Crippen LogP contribution in [0.3, 0.4) is 0 Å². The smallest absolute Gasteiger partial charge is 0.149 e. The van der Waals surface area contributed by atoms with Crippen molar-refractivity contribution >= 4 is 0 Å². The largest absolute Gasteiger partial charge is 0.376 e. The highest BCUT2D eigenvalue weighted by Gasteiger charge is 2.70. The zero-order valence-corrected chi connectivity index (χ0v) is 24.7. The molecule has 0 aromatic rings. The maximum Gasteiger partial charge on any atom is 0.149 e. The molecule has 4 fully saturated rings. The molecule has 212 valence electrons. The second-order valence-electron chi connectivity index (χ2n) is 12.4. The van der Waals surface area contributed by atoms with Crippen LogP contribution in [0.2, 0.25) is 0 Å². The van der Waals surface area contributed by atoms with Gasteiger partial charge in [-0.3, -0.25) is 0 Å². The highest BCUT2D eigenvalue weighted by atomic mass is 16.7. The average molecular weight is 517 g/mol. The Bertz CT molecular complexity index is 710. The van der Waals surface area contributed by atoms with E-state index < -0.39 is 16.8 Å². The van der Waals surface area contributed by atoms with Crippen molar-refractivity contribution in [3.8, 4) is 0 Å². The number of hydrogen-bond donors (Lipinski definition) is 0. The molecule has 36 heavy (non-hydrogen) atoms. The Labute approximate surface area is 218 Å². The van der Waals surface area contributed by atoms with Crippen molar-refractivity contribution < 1.29 is 37.9 Å². The SMILES string of the molecule is CC(C)OC[C@@]12CO[C@@H]([C@H](C)O1)[C@@H]2OC(C)C.CC(C)OC[C@]12O[C@@H](C)[C@H](OC1(C)C)[C@@H]2OC(C)C. The third-order valence-electron chi connectivity index (χ3n) is 7.42. The van der Waals surface area contributed by atoms with Crippen LogP contribution in [0, 0.1) is 0 Å². The van der Waals surface area contributed by atoms with Crippen LogP contribution in [-0.2, 0) is 37.9 Å². The molecule has 8 heteroatoms. The highest BCUT2D eigenvalue weighted by Crippen LogP contribution is 2.52. The van der Waals surface area contributed by atoms with E-state index in [2.05, 4.69) is 13.8 Å². The molecule has 0 spiro atoms. The Morgan fingerprint density at radius 1 is 0.667 bits per heavy atom. The number of rotatable bonds is 10. The summed E-state index contributed by atoms with van der Waals surface area (Å²) in [6, 6.07) is 0. The maximum atomic E-state index is 6.25. The molecule has 4 rings (SSSR count). The van der Waals surface area contributed by atoms with Gasteiger partial charge in [0.05, 0.1) is 62.0 Å². The second kappa shape index (κ2) is 11.4. The van der Waals surface area contributed by atoms with Crippen LogP contribution < -0.4 is 0 Å². The van der Waals surface area contributed by atoms with Crippen molar-refractivity contribution in [2.24, 2.45) is 0 Å². The summed E-state index contributed by atoms with van der Waals surface area (Å²) in [5.74, 6) is 0. The van der Waals surface area contributed by atoms with Crippen molar-refractivity contribution in [2.75, 3.05) is 19.8 Å². The Morgan fingerprint density at radius 3 is 1.72 bits per heavy atom. The Hall–Kier alpha value is -0.320. The summed E-state index contributed by atoms with van der Waals surface area (Å²) in [6.07, 6.45) is 0.810. The van der Waals surface area contributed by atoms with E-state index >= 15 is 0 Å².